The zero-order valence-corrected chi connectivity index (χ0v) is 23.0. The van der Waals surface area contributed by atoms with Crippen LogP contribution < -0.4 is 20.9 Å². The van der Waals surface area contributed by atoms with Gasteiger partial charge >= 0.3 is 0 Å². The summed E-state index contributed by atoms with van der Waals surface area (Å²) in [6, 6.07) is 11.6. The van der Waals surface area contributed by atoms with Crippen LogP contribution in [-0.2, 0) is 0 Å². The van der Waals surface area contributed by atoms with Crippen molar-refractivity contribution in [3.05, 3.63) is 51.2 Å². The SMILES string of the molecule is CN(C)c1nc(NC2CCC(CNC(=S)Nc3c(F)cc(Br)cc3Br)CC2)nc2ccccc12. The second kappa shape index (κ2) is 11.1. The van der Waals surface area contributed by atoms with E-state index in [1.165, 1.54) is 6.07 Å². The van der Waals surface area contributed by atoms with Crippen LogP contribution >= 0.6 is 44.1 Å². The van der Waals surface area contributed by atoms with E-state index in [9.17, 15) is 4.39 Å². The van der Waals surface area contributed by atoms with E-state index >= 15 is 0 Å². The van der Waals surface area contributed by atoms with E-state index in [-0.39, 0.29) is 5.82 Å². The minimum absolute atomic E-state index is 0.334. The Morgan fingerprint density at radius 2 is 1.85 bits per heavy atom. The van der Waals surface area contributed by atoms with Crippen LogP contribution in [0, 0.1) is 11.7 Å². The van der Waals surface area contributed by atoms with Gasteiger partial charge in [-0.3, -0.25) is 0 Å². The minimum atomic E-state index is -0.370. The molecule has 6 nitrogen and oxygen atoms in total. The first kappa shape index (κ1) is 25.1. The molecule has 1 aromatic heterocycles. The summed E-state index contributed by atoms with van der Waals surface area (Å²) in [6.07, 6.45) is 4.20. The van der Waals surface area contributed by atoms with Crippen molar-refractivity contribution < 1.29 is 4.39 Å². The zero-order valence-electron chi connectivity index (χ0n) is 19.0. The van der Waals surface area contributed by atoms with Crippen molar-refractivity contribution in [2.75, 3.05) is 36.2 Å². The van der Waals surface area contributed by atoms with E-state index in [2.05, 4.69) is 53.9 Å². The highest BCUT2D eigenvalue weighted by molar-refractivity contribution is 9.11. The molecular weight excluding hydrogens is 583 g/mol. The normalized spacial score (nSPS) is 17.9. The maximum atomic E-state index is 14.2. The number of hydrogen-bond acceptors (Lipinski definition) is 5. The number of hydrogen-bond donors (Lipinski definition) is 3. The van der Waals surface area contributed by atoms with Gasteiger partial charge in [-0.1, -0.05) is 28.1 Å². The first-order chi connectivity index (χ1) is 16.3. The average molecular weight is 610 g/mol. The van der Waals surface area contributed by atoms with Crippen LogP contribution in [0.15, 0.2) is 45.3 Å². The summed E-state index contributed by atoms with van der Waals surface area (Å²) in [5.74, 6) is 1.73. The monoisotopic (exact) mass is 608 g/mol. The topological polar surface area (TPSA) is 65.1 Å². The molecule has 0 unspecified atom stereocenters. The number of rotatable bonds is 6. The summed E-state index contributed by atoms with van der Waals surface area (Å²) in [5, 5.41) is 11.2. The van der Waals surface area contributed by atoms with Gasteiger partial charge in [0.05, 0.1) is 11.2 Å². The summed E-state index contributed by atoms with van der Waals surface area (Å²) in [7, 11) is 4.00. The molecule has 0 spiro atoms. The number of halogens is 3. The number of anilines is 3. The lowest BCUT2D eigenvalue weighted by atomic mass is 9.86. The maximum absolute atomic E-state index is 14.2. The third-order valence-electron chi connectivity index (χ3n) is 5.98. The molecule has 0 bridgehead atoms. The summed E-state index contributed by atoms with van der Waals surface area (Å²) < 4.78 is 15.5. The van der Waals surface area contributed by atoms with Gasteiger partial charge in [-0.15, -0.1) is 0 Å². The van der Waals surface area contributed by atoms with E-state index in [4.69, 9.17) is 22.2 Å². The van der Waals surface area contributed by atoms with Gasteiger partial charge in [0.25, 0.3) is 0 Å². The second-order valence-electron chi connectivity index (χ2n) is 8.72. The van der Waals surface area contributed by atoms with Crippen LogP contribution in [0.1, 0.15) is 25.7 Å². The van der Waals surface area contributed by atoms with E-state index in [1.807, 2.05) is 37.2 Å². The molecule has 180 valence electrons. The smallest absolute Gasteiger partial charge is 0.225 e. The second-order valence-corrected chi connectivity index (χ2v) is 10.9. The van der Waals surface area contributed by atoms with Crippen LogP contribution in [0.5, 0.6) is 0 Å². The molecule has 1 heterocycles. The van der Waals surface area contributed by atoms with E-state index in [0.717, 1.165) is 48.9 Å². The molecule has 0 aliphatic heterocycles. The quantitative estimate of drug-likeness (QED) is 0.283. The van der Waals surface area contributed by atoms with Gasteiger partial charge in [0.1, 0.15) is 11.6 Å². The lowest BCUT2D eigenvalue weighted by Gasteiger charge is -2.30. The van der Waals surface area contributed by atoms with Crippen molar-refractivity contribution in [3.8, 4) is 0 Å². The molecule has 0 saturated heterocycles. The number of benzene rings is 2. The standard InChI is InChI=1S/C24H27Br2FN6S/c1-33(2)22-17-5-3-4-6-20(17)30-23(32-22)29-16-9-7-14(8-10-16)13-28-24(34)31-21-18(26)11-15(25)12-19(21)27/h3-6,11-12,14,16H,7-10,13H2,1-2H3,(H2,28,31,34)(H,29,30,32). The lowest BCUT2D eigenvalue weighted by Crippen LogP contribution is -2.36. The van der Waals surface area contributed by atoms with Crippen molar-refractivity contribution in [1.29, 1.82) is 0 Å². The molecule has 3 N–H and O–H groups in total. The fourth-order valence-electron chi connectivity index (χ4n) is 4.22. The first-order valence-corrected chi connectivity index (χ1v) is 13.2. The number of aromatic nitrogens is 2. The van der Waals surface area contributed by atoms with Crippen LogP contribution in [0.25, 0.3) is 10.9 Å². The Morgan fingerprint density at radius 1 is 1.12 bits per heavy atom. The van der Waals surface area contributed by atoms with Gasteiger partial charge < -0.3 is 20.9 Å². The molecule has 1 aliphatic carbocycles. The van der Waals surface area contributed by atoms with Crippen molar-refractivity contribution in [2.24, 2.45) is 5.92 Å². The molecular formula is C24H27Br2FN6S. The number of nitrogens with one attached hydrogen (secondary N) is 3. The fraction of sp³-hybridized carbons (Fsp3) is 0.375. The molecule has 10 heteroatoms. The molecule has 3 aromatic rings. The van der Waals surface area contributed by atoms with Crippen LogP contribution in [0.2, 0.25) is 0 Å². The van der Waals surface area contributed by atoms with Crippen molar-refractivity contribution in [3.63, 3.8) is 0 Å². The maximum Gasteiger partial charge on any atom is 0.225 e. The largest absolute Gasteiger partial charge is 0.362 e. The van der Waals surface area contributed by atoms with Gasteiger partial charge in [0.15, 0.2) is 5.11 Å². The molecule has 34 heavy (non-hydrogen) atoms. The lowest BCUT2D eigenvalue weighted by molar-refractivity contribution is 0.336. The number of thiocarbonyl (C=S) groups is 1. The van der Waals surface area contributed by atoms with Crippen molar-refractivity contribution in [1.82, 2.24) is 15.3 Å². The van der Waals surface area contributed by atoms with Gasteiger partial charge in [-0.05, 0) is 84.0 Å². The predicted octanol–water partition coefficient (Wildman–Crippen LogP) is 6.32. The molecule has 4 rings (SSSR count). The molecule has 0 atom stereocenters. The summed E-state index contributed by atoms with van der Waals surface area (Å²) in [5.41, 5.74) is 1.28. The average Bonchev–Trinajstić information content (AvgIpc) is 2.80. The number of nitrogens with zero attached hydrogens (tertiary/aromatic N) is 3. The molecule has 1 aliphatic rings. The predicted molar refractivity (Wildman–Crippen MR) is 149 cm³/mol. The Bertz CT molecular complexity index is 1160. The van der Waals surface area contributed by atoms with Gasteiger partial charge in [0.2, 0.25) is 5.95 Å². The summed E-state index contributed by atoms with van der Waals surface area (Å²) >= 11 is 12.0. The number of para-hydroxylation sites is 1. The zero-order chi connectivity index (χ0) is 24.2. The third-order valence-corrected chi connectivity index (χ3v) is 7.31. The van der Waals surface area contributed by atoms with Crippen LogP contribution in [0.4, 0.5) is 21.8 Å². The fourth-order valence-corrected chi connectivity index (χ4v) is 5.67. The molecule has 0 radical (unpaired) electrons. The Morgan fingerprint density at radius 3 is 2.56 bits per heavy atom. The highest BCUT2D eigenvalue weighted by Crippen LogP contribution is 2.30. The van der Waals surface area contributed by atoms with Gasteiger partial charge in [-0.25, -0.2) is 9.37 Å². The molecule has 2 aromatic carbocycles. The van der Waals surface area contributed by atoms with E-state index in [1.54, 1.807) is 6.07 Å². The number of fused-ring (bicyclic) bond motifs is 1. The van der Waals surface area contributed by atoms with Crippen molar-refractivity contribution >= 4 is 77.5 Å². The van der Waals surface area contributed by atoms with Crippen LogP contribution in [0.3, 0.4) is 0 Å². The van der Waals surface area contributed by atoms with Crippen molar-refractivity contribution in [2.45, 2.75) is 31.7 Å². The summed E-state index contributed by atoms with van der Waals surface area (Å²) in [6.45, 7) is 0.756. The Balaban J connectivity index is 1.28. The highest BCUT2D eigenvalue weighted by Gasteiger charge is 2.22. The Labute approximate surface area is 221 Å². The van der Waals surface area contributed by atoms with Gasteiger partial charge in [-0.2, -0.15) is 4.98 Å². The van der Waals surface area contributed by atoms with Gasteiger partial charge in [0, 0.05) is 41.0 Å². The van der Waals surface area contributed by atoms with E-state index < -0.39 is 0 Å². The Hall–Kier alpha value is -2.04. The molecule has 0 amide bonds. The molecule has 1 fully saturated rings. The minimum Gasteiger partial charge on any atom is -0.362 e. The van der Waals surface area contributed by atoms with Crippen LogP contribution in [-0.4, -0.2) is 41.8 Å². The summed E-state index contributed by atoms with van der Waals surface area (Å²) in [4.78, 5) is 11.5. The first-order valence-electron chi connectivity index (χ1n) is 11.2. The Kier molecular flexibility index (Phi) is 8.21. The third kappa shape index (κ3) is 6.14. The molecule has 1 saturated carbocycles. The highest BCUT2D eigenvalue weighted by atomic mass is 79.9. The van der Waals surface area contributed by atoms with E-state index in [0.29, 0.717) is 37.7 Å².